The third-order valence-electron chi connectivity index (χ3n) is 10.2. The summed E-state index contributed by atoms with van der Waals surface area (Å²) in [6, 6.07) is 8.72. The van der Waals surface area contributed by atoms with Crippen molar-refractivity contribution in [3.8, 4) is 11.5 Å². The SMILES string of the molecule is CCC[CH2][Sn]([CH2]CCC)([CH2]CCC)/[C](=C/CCCC(=O)OC(C)(C)C)c1ccc(-c2nc(C(=O)NCCCCC3CCCCC3)co2)cc1. The van der Waals surface area contributed by atoms with Gasteiger partial charge in [0, 0.05) is 0 Å². The molecule has 1 heterocycles. The number of ether oxygens (including phenoxy) is 1. The summed E-state index contributed by atoms with van der Waals surface area (Å²) in [6.07, 6.45) is 24.1. The number of rotatable bonds is 22. The van der Waals surface area contributed by atoms with Crippen molar-refractivity contribution in [2.45, 2.75) is 170 Å². The number of oxazole rings is 1. The van der Waals surface area contributed by atoms with Gasteiger partial charge in [-0.3, -0.25) is 0 Å². The number of nitrogens with one attached hydrogen (secondary N) is 1. The molecule has 3 rings (SSSR count). The maximum absolute atomic E-state index is 12.8. The van der Waals surface area contributed by atoms with Crippen molar-refractivity contribution < 1.29 is 18.7 Å². The molecule has 0 spiro atoms. The number of carbonyl (C=O) groups is 2. The number of allylic oxidation sites excluding steroid dienone is 1. The molecule has 49 heavy (non-hydrogen) atoms. The second-order valence-corrected chi connectivity index (χ2v) is 28.7. The Kier molecular flexibility index (Phi) is 18.5. The Hall–Kier alpha value is -2.09. The predicted molar refractivity (Wildman–Crippen MR) is 207 cm³/mol. The van der Waals surface area contributed by atoms with Gasteiger partial charge in [-0.1, -0.05) is 44.9 Å². The van der Waals surface area contributed by atoms with E-state index in [0.717, 1.165) is 30.7 Å². The van der Waals surface area contributed by atoms with Crippen LogP contribution in [0.5, 0.6) is 0 Å². The number of hydrogen-bond donors (Lipinski definition) is 1. The van der Waals surface area contributed by atoms with Crippen LogP contribution in [0.3, 0.4) is 0 Å². The zero-order chi connectivity index (χ0) is 35.5. The van der Waals surface area contributed by atoms with E-state index >= 15 is 0 Å². The molecule has 1 aliphatic carbocycles. The molecule has 0 saturated heterocycles. The Balaban J connectivity index is 1.74. The molecule has 0 radical (unpaired) electrons. The molecule has 0 atom stereocenters. The van der Waals surface area contributed by atoms with E-state index in [1.54, 1.807) is 3.59 Å². The first-order valence-corrected chi connectivity index (χ1v) is 27.4. The molecule has 0 unspecified atom stereocenters. The molecular weight excluding hydrogens is 715 g/mol. The topological polar surface area (TPSA) is 81.4 Å². The number of carbonyl (C=O) groups excluding carboxylic acids is 2. The Labute approximate surface area is 302 Å². The van der Waals surface area contributed by atoms with Crippen LogP contribution in [0.1, 0.15) is 167 Å². The van der Waals surface area contributed by atoms with Crippen LogP contribution in [0, 0.1) is 5.92 Å². The van der Waals surface area contributed by atoms with Gasteiger partial charge in [-0.05, 0) is 5.92 Å². The molecule has 0 bridgehead atoms. The van der Waals surface area contributed by atoms with E-state index in [9.17, 15) is 9.59 Å². The van der Waals surface area contributed by atoms with Crippen molar-refractivity contribution in [2.24, 2.45) is 5.92 Å². The van der Waals surface area contributed by atoms with Gasteiger partial charge in [0.05, 0.1) is 0 Å². The maximum atomic E-state index is 12.8. The average molecular weight is 784 g/mol. The molecule has 1 aromatic heterocycles. The minimum atomic E-state index is -2.81. The molecule has 2 aromatic rings. The Morgan fingerprint density at radius 2 is 1.53 bits per heavy atom. The van der Waals surface area contributed by atoms with Gasteiger partial charge in [0.15, 0.2) is 0 Å². The summed E-state index contributed by atoms with van der Waals surface area (Å²) in [7, 11) is 0. The Bertz CT molecular complexity index is 1250. The quantitative estimate of drug-likeness (QED) is 0.0731. The molecule has 1 N–H and O–H groups in total. The van der Waals surface area contributed by atoms with E-state index in [2.05, 4.69) is 61.4 Å². The van der Waals surface area contributed by atoms with Crippen LogP contribution in [0.25, 0.3) is 15.0 Å². The standard InChI is InChI=1S/C30H41N2O4.3C4H9.Sn/c1-30(2,3)36-27(33)16-9-5-8-14-24-17-19-25(20-18-24)29-32-26(22-35-29)28(34)31-21-11-10-15-23-12-6-4-7-13-23;3*1-3-4-2;/h8,17-20,22-23H,4-7,9-13,15-16,21H2,1-3H3,(H,31,34);3*1,3-4H2,2H3;. The number of aromatic nitrogens is 1. The first-order valence-electron chi connectivity index (χ1n) is 19.9. The summed E-state index contributed by atoms with van der Waals surface area (Å²) < 4.78 is 17.2. The van der Waals surface area contributed by atoms with Crippen LogP contribution in [0.2, 0.25) is 13.3 Å². The van der Waals surface area contributed by atoms with Gasteiger partial charge in [-0.25, -0.2) is 0 Å². The van der Waals surface area contributed by atoms with E-state index in [1.165, 1.54) is 109 Å². The van der Waals surface area contributed by atoms with E-state index in [0.29, 0.717) is 24.6 Å². The number of esters is 1. The van der Waals surface area contributed by atoms with Gasteiger partial charge in [0.2, 0.25) is 0 Å². The summed E-state index contributed by atoms with van der Waals surface area (Å²) in [5, 5.41) is 3.04. The summed E-state index contributed by atoms with van der Waals surface area (Å²) >= 11 is -2.81. The molecule has 1 saturated carbocycles. The zero-order valence-electron chi connectivity index (χ0n) is 32.0. The normalized spacial score (nSPS) is 14.6. The third-order valence-corrected chi connectivity index (χ3v) is 26.1. The fourth-order valence-corrected chi connectivity index (χ4v) is 24.6. The average Bonchev–Trinajstić information content (AvgIpc) is 3.59. The molecule has 1 amide bonds. The number of benzene rings is 1. The molecule has 1 aliphatic rings. The van der Waals surface area contributed by atoms with Crippen molar-refractivity contribution in [3.05, 3.63) is 47.9 Å². The predicted octanol–water partition coefficient (Wildman–Crippen LogP) is 12.1. The summed E-state index contributed by atoms with van der Waals surface area (Å²) in [5.74, 6) is 1.09. The summed E-state index contributed by atoms with van der Waals surface area (Å²) in [4.78, 5) is 29.9. The van der Waals surface area contributed by atoms with Crippen LogP contribution >= 0.6 is 0 Å². The van der Waals surface area contributed by atoms with Crippen molar-refractivity contribution in [1.29, 1.82) is 0 Å². The summed E-state index contributed by atoms with van der Waals surface area (Å²) in [5.41, 5.74) is 2.09. The summed E-state index contributed by atoms with van der Waals surface area (Å²) in [6.45, 7) is 13.4. The monoisotopic (exact) mass is 784 g/mol. The van der Waals surface area contributed by atoms with Crippen LogP contribution in [-0.4, -0.2) is 47.4 Å². The number of amides is 1. The van der Waals surface area contributed by atoms with Gasteiger partial charge in [0.1, 0.15) is 0 Å². The Morgan fingerprint density at radius 1 is 0.898 bits per heavy atom. The van der Waals surface area contributed by atoms with Gasteiger partial charge >= 0.3 is 253 Å². The van der Waals surface area contributed by atoms with Crippen molar-refractivity contribution >= 4 is 33.8 Å². The molecule has 6 nitrogen and oxygen atoms in total. The van der Waals surface area contributed by atoms with E-state index in [1.807, 2.05) is 20.8 Å². The fraction of sp³-hybridized carbons (Fsp3) is 0.690. The van der Waals surface area contributed by atoms with Gasteiger partial charge < -0.3 is 0 Å². The molecular formula is C42H68N2O4Sn. The third kappa shape index (κ3) is 14.6. The van der Waals surface area contributed by atoms with Crippen molar-refractivity contribution in [1.82, 2.24) is 10.3 Å². The minimum absolute atomic E-state index is 0.113. The second kappa shape index (κ2) is 22.0. The van der Waals surface area contributed by atoms with Crippen LogP contribution in [-0.2, 0) is 9.53 Å². The second-order valence-electron chi connectivity index (χ2n) is 15.6. The van der Waals surface area contributed by atoms with Crippen molar-refractivity contribution in [2.75, 3.05) is 6.54 Å². The van der Waals surface area contributed by atoms with E-state index in [4.69, 9.17) is 9.15 Å². The van der Waals surface area contributed by atoms with Gasteiger partial charge in [-0.15, -0.1) is 0 Å². The van der Waals surface area contributed by atoms with Gasteiger partial charge in [-0.2, -0.15) is 0 Å². The molecule has 274 valence electrons. The molecule has 7 heteroatoms. The van der Waals surface area contributed by atoms with Crippen LogP contribution in [0.15, 0.2) is 41.0 Å². The number of nitrogens with zero attached hydrogens (tertiary/aromatic N) is 1. The molecule has 0 aliphatic heterocycles. The number of unbranched alkanes of at least 4 members (excludes halogenated alkanes) is 5. The fourth-order valence-electron chi connectivity index (χ4n) is 7.48. The van der Waals surface area contributed by atoms with Crippen LogP contribution in [0.4, 0.5) is 0 Å². The van der Waals surface area contributed by atoms with E-state index < -0.39 is 24.0 Å². The molecule has 1 aromatic carbocycles. The zero-order valence-corrected chi connectivity index (χ0v) is 34.8. The van der Waals surface area contributed by atoms with E-state index in [-0.39, 0.29) is 11.9 Å². The van der Waals surface area contributed by atoms with Crippen molar-refractivity contribution in [3.63, 3.8) is 0 Å². The first kappa shape index (κ1) is 41.3. The Morgan fingerprint density at radius 3 is 2.12 bits per heavy atom. The first-order chi connectivity index (χ1) is 23.6. The molecule has 1 fully saturated rings. The van der Waals surface area contributed by atoms with Gasteiger partial charge in [0.25, 0.3) is 0 Å². The number of hydrogen-bond acceptors (Lipinski definition) is 5. The van der Waals surface area contributed by atoms with Crippen LogP contribution < -0.4 is 5.32 Å².